The number of ketones is 1. The number of hydrogen-bond donors (Lipinski definition) is 0. The molecule has 1 aromatic carbocycles. The lowest BCUT2D eigenvalue weighted by Gasteiger charge is -2.36. The van der Waals surface area contributed by atoms with Gasteiger partial charge in [0.1, 0.15) is 17.6 Å². The Labute approximate surface area is 96.0 Å². The van der Waals surface area contributed by atoms with Crippen LogP contribution in [0.5, 0.6) is 5.75 Å². The number of para-hydroxylation sites is 1. The van der Waals surface area contributed by atoms with E-state index in [-0.39, 0.29) is 11.9 Å². The summed E-state index contributed by atoms with van der Waals surface area (Å²) in [6.07, 6.45) is 0.733. The lowest BCUT2D eigenvalue weighted by atomic mass is 10.1. The summed E-state index contributed by atoms with van der Waals surface area (Å²) < 4.78 is 5.86. The van der Waals surface area contributed by atoms with E-state index in [9.17, 15) is 4.79 Å². The molecule has 0 bridgehead atoms. The molecule has 0 saturated carbocycles. The Bertz CT molecular complexity index is 383. The molecule has 1 saturated heterocycles. The number of likely N-dealkylation sites (tertiary alicyclic amines) is 1. The highest BCUT2D eigenvalue weighted by molar-refractivity contribution is 5.78. The molecule has 1 fully saturated rings. The smallest absolute Gasteiger partial charge is 0.134 e. The lowest BCUT2D eigenvalue weighted by Crippen LogP contribution is -2.51. The van der Waals surface area contributed by atoms with Crippen molar-refractivity contribution in [3.8, 4) is 5.75 Å². The van der Waals surface area contributed by atoms with Crippen LogP contribution in [0.15, 0.2) is 24.3 Å². The molecule has 0 aromatic heterocycles. The fraction of sp³-hybridized carbons (Fsp3) is 0.462. The van der Waals surface area contributed by atoms with Crippen molar-refractivity contribution in [3.63, 3.8) is 0 Å². The average molecular weight is 219 g/mol. The van der Waals surface area contributed by atoms with Crippen LogP contribution in [0, 0.1) is 0 Å². The second kappa shape index (κ2) is 4.66. The maximum atomic E-state index is 11.1. The first kappa shape index (κ1) is 11.1. The lowest BCUT2D eigenvalue weighted by molar-refractivity contribution is -0.116. The molecule has 86 valence electrons. The van der Waals surface area contributed by atoms with Crippen molar-refractivity contribution in [1.29, 1.82) is 0 Å². The van der Waals surface area contributed by atoms with Crippen LogP contribution in [0.2, 0.25) is 0 Å². The summed E-state index contributed by atoms with van der Waals surface area (Å²) in [6, 6.07) is 7.79. The van der Waals surface area contributed by atoms with Gasteiger partial charge >= 0.3 is 0 Å². The number of carbonyl (C=O) groups is 1. The summed E-state index contributed by atoms with van der Waals surface area (Å²) in [6.45, 7) is 3.54. The Hall–Kier alpha value is -1.35. The van der Waals surface area contributed by atoms with E-state index in [0.717, 1.165) is 24.4 Å². The van der Waals surface area contributed by atoms with Crippen LogP contribution in [0.4, 0.5) is 0 Å². The molecule has 0 aliphatic carbocycles. The van der Waals surface area contributed by atoms with E-state index in [4.69, 9.17) is 4.74 Å². The second-order valence-corrected chi connectivity index (χ2v) is 4.45. The molecule has 3 nitrogen and oxygen atoms in total. The minimum absolute atomic E-state index is 0.168. The SMILES string of the molecule is CC(=O)Cc1ccccc1OC1CN(C)C1. The number of likely N-dealkylation sites (N-methyl/N-ethyl adjacent to an activating group) is 1. The zero-order valence-electron chi connectivity index (χ0n) is 9.77. The number of benzene rings is 1. The van der Waals surface area contributed by atoms with Crippen molar-refractivity contribution in [2.45, 2.75) is 19.4 Å². The third-order valence-electron chi connectivity index (χ3n) is 2.74. The Morgan fingerprint density at radius 1 is 1.44 bits per heavy atom. The van der Waals surface area contributed by atoms with Gasteiger partial charge in [0, 0.05) is 25.1 Å². The first-order valence-corrected chi connectivity index (χ1v) is 5.57. The summed E-state index contributed by atoms with van der Waals surface area (Å²) in [7, 11) is 2.07. The molecule has 0 unspecified atom stereocenters. The maximum Gasteiger partial charge on any atom is 0.134 e. The number of carbonyl (C=O) groups excluding carboxylic acids is 1. The zero-order chi connectivity index (χ0) is 11.5. The van der Waals surface area contributed by atoms with Crippen molar-refractivity contribution in [3.05, 3.63) is 29.8 Å². The first-order valence-electron chi connectivity index (χ1n) is 5.57. The fourth-order valence-corrected chi connectivity index (χ4v) is 1.93. The largest absolute Gasteiger partial charge is 0.487 e. The molecule has 3 heteroatoms. The normalized spacial score (nSPS) is 16.9. The summed E-state index contributed by atoms with van der Waals surface area (Å²) in [5, 5.41) is 0. The van der Waals surface area contributed by atoms with Crippen LogP contribution in [0.3, 0.4) is 0 Å². The molecule has 16 heavy (non-hydrogen) atoms. The molecule has 0 amide bonds. The Kier molecular flexibility index (Phi) is 3.25. The molecule has 1 aliphatic rings. The molecule has 0 spiro atoms. The van der Waals surface area contributed by atoms with Crippen molar-refractivity contribution >= 4 is 5.78 Å². The van der Waals surface area contributed by atoms with Gasteiger partial charge < -0.3 is 4.74 Å². The molecular weight excluding hydrogens is 202 g/mol. The summed E-state index contributed by atoms with van der Waals surface area (Å²) in [5.74, 6) is 1.03. The van der Waals surface area contributed by atoms with Gasteiger partial charge in [0.05, 0.1) is 0 Å². The van der Waals surface area contributed by atoms with Gasteiger partial charge in [-0.3, -0.25) is 9.69 Å². The molecule has 1 aromatic rings. The Morgan fingerprint density at radius 2 is 2.12 bits per heavy atom. The maximum absolute atomic E-state index is 11.1. The van der Waals surface area contributed by atoms with Crippen molar-refractivity contribution in [2.75, 3.05) is 20.1 Å². The van der Waals surface area contributed by atoms with Gasteiger partial charge in [-0.25, -0.2) is 0 Å². The fourth-order valence-electron chi connectivity index (χ4n) is 1.93. The van der Waals surface area contributed by atoms with E-state index in [2.05, 4.69) is 11.9 Å². The van der Waals surface area contributed by atoms with Gasteiger partial charge in [-0.05, 0) is 20.0 Å². The highest BCUT2D eigenvalue weighted by Crippen LogP contribution is 2.22. The highest BCUT2D eigenvalue weighted by Gasteiger charge is 2.25. The standard InChI is InChI=1S/C13H17NO2/c1-10(15)7-11-5-3-4-6-13(11)16-12-8-14(2)9-12/h3-6,12H,7-9H2,1-2H3. The van der Waals surface area contributed by atoms with E-state index >= 15 is 0 Å². The van der Waals surface area contributed by atoms with E-state index < -0.39 is 0 Å². The topological polar surface area (TPSA) is 29.5 Å². The second-order valence-electron chi connectivity index (χ2n) is 4.45. The van der Waals surface area contributed by atoms with E-state index in [1.54, 1.807) is 6.92 Å². The molecule has 1 heterocycles. The summed E-state index contributed by atoms with van der Waals surface area (Å²) in [4.78, 5) is 13.3. The van der Waals surface area contributed by atoms with E-state index in [0.29, 0.717) is 6.42 Å². The number of nitrogens with zero attached hydrogens (tertiary/aromatic N) is 1. The molecule has 0 N–H and O–H groups in total. The Morgan fingerprint density at radius 3 is 2.75 bits per heavy atom. The predicted molar refractivity (Wildman–Crippen MR) is 62.7 cm³/mol. The van der Waals surface area contributed by atoms with Crippen LogP contribution >= 0.6 is 0 Å². The number of hydrogen-bond acceptors (Lipinski definition) is 3. The van der Waals surface area contributed by atoms with Crippen molar-refractivity contribution < 1.29 is 9.53 Å². The van der Waals surface area contributed by atoms with Gasteiger partial charge in [0.2, 0.25) is 0 Å². The third kappa shape index (κ3) is 2.61. The van der Waals surface area contributed by atoms with Crippen LogP contribution in [-0.2, 0) is 11.2 Å². The van der Waals surface area contributed by atoms with Crippen molar-refractivity contribution in [1.82, 2.24) is 4.90 Å². The molecule has 0 radical (unpaired) electrons. The minimum Gasteiger partial charge on any atom is -0.487 e. The molecule has 0 atom stereocenters. The average Bonchev–Trinajstić information content (AvgIpc) is 2.17. The van der Waals surface area contributed by atoms with Gasteiger partial charge in [0.15, 0.2) is 0 Å². The van der Waals surface area contributed by atoms with Crippen LogP contribution in [0.25, 0.3) is 0 Å². The quantitative estimate of drug-likeness (QED) is 0.768. The summed E-state index contributed by atoms with van der Waals surface area (Å²) in [5.41, 5.74) is 0.990. The van der Waals surface area contributed by atoms with E-state index in [1.165, 1.54) is 0 Å². The minimum atomic E-state index is 0.168. The molecule has 2 rings (SSSR count). The van der Waals surface area contributed by atoms with Gasteiger partial charge in [-0.1, -0.05) is 18.2 Å². The molecular formula is C13H17NO2. The zero-order valence-corrected chi connectivity index (χ0v) is 9.77. The van der Waals surface area contributed by atoms with Crippen LogP contribution in [0.1, 0.15) is 12.5 Å². The first-order chi connectivity index (χ1) is 7.65. The van der Waals surface area contributed by atoms with Gasteiger partial charge in [-0.15, -0.1) is 0 Å². The Balaban J connectivity index is 2.04. The van der Waals surface area contributed by atoms with Crippen molar-refractivity contribution in [2.24, 2.45) is 0 Å². The van der Waals surface area contributed by atoms with Crippen LogP contribution < -0.4 is 4.74 Å². The number of Topliss-reactive ketones (excluding diaryl/α,β-unsaturated/α-hetero) is 1. The van der Waals surface area contributed by atoms with Crippen LogP contribution in [-0.4, -0.2) is 36.9 Å². The monoisotopic (exact) mass is 219 g/mol. The van der Waals surface area contributed by atoms with Gasteiger partial charge in [-0.2, -0.15) is 0 Å². The molecule has 1 aliphatic heterocycles. The van der Waals surface area contributed by atoms with E-state index in [1.807, 2.05) is 24.3 Å². The number of rotatable bonds is 4. The van der Waals surface area contributed by atoms with Gasteiger partial charge in [0.25, 0.3) is 0 Å². The third-order valence-corrected chi connectivity index (χ3v) is 2.74. The highest BCUT2D eigenvalue weighted by atomic mass is 16.5. The predicted octanol–water partition coefficient (Wildman–Crippen LogP) is 1.51. The summed E-state index contributed by atoms with van der Waals surface area (Å²) >= 11 is 0. The number of ether oxygens (including phenoxy) is 1.